The summed E-state index contributed by atoms with van der Waals surface area (Å²) in [6.45, 7) is 0. The predicted octanol–water partition coefficient (Wildman–Crippen LogP) is 3.46. The molecular formula is C18H16O. The minimum atomic E-state index is 0.199. The van der Waals surface area contributed by atoms with Crippen LogP contribution in [0, 0.1) is 11.8 Å². The van der Waals surface area contributed by atoms with Crippen molar-refractivity contribution < 1.29 is 4.79 Å². The SMILES string of the molecule is O=C1c2ccccc2C[C@@H]2Cc3ccccc3C[C@H]12. The van der Waals surface area contributed by atoms with Gasteiger partial charge in [-0.1, -0.05) is 48.5 Å². The Bertz CT molecular complexity index is 656. The minimum absolute atomic E-state index is 0.199. The molecule has 0 fully saturated rings. The third-order valence-electron chi connectivity index (χ3n) is 4.71. The first-order valence-corrected chi connectivity index (χ1v) is 7.02. The number of hydrogen-bond donors (Lipinski definition) is 0. The van der Waals surface area contributed by atoms with Gasteiger partial charge in [0.15, 0.2) is 5.78 Å². The lowest BCUT2D eigenvalue weighted by Crippen LogP contribution is -2.37. The Balaban J connectivity index is 1.77. The van der Waals surface area contributed by atoms with E-state index in [1.165, 1.54) is 16.7 Å². The van der Waals surface area contributed by atoms with Gasteiger partial charge < -0.3 is 0 Å². The van der Waals surface area contributed by atoms with E-state index < -0.39 is 0 Å². The maximum atomic E-state index is 12.7. The largest absolute Gasteiger partial charge is 0.294 e. The van der Waals surface area contributed by atoms with Crippen molar-refractivity contribution in [1.29, 1.82) is 0 Å². The Morgan fingerprint density at radius 1 is 0.737 bits per heavy atom. The van der Waals surface area contributed by atoms with Crippen molar-refractivity contribution in [3.63, 3.8) is 0 Å². The first kappa shape index (κ1) is 11.0. The first-order valence-electron chi connectivity index (χ1n) is 7.02. The Hall–Kier alpha value is -1.89. The number of Topliss-reactive ketones (excluding diaryl/α,β-unsaturated/α-hetero) is 1. The van der Waals surface area contributed by atoms with E-state index in [4.69, 9.17) is 0 Å². The van der Waals surface area contributed by atoms with Crippen molar-refractivity contribution in [2.45, 2.75) is 19.3 Å². The van der Waals surface area contributed by atoms with E-state index in [1.54, 1.807) is 0 Å². The van der Waals surface area contributed by atoms with Crippen LogP contribution in [0.5, 0.6) is 0 Å². The number of hydrogen-bond acceptors (Lipinski definition) is 1. The van der Waals surface area contributed by atoms with Crippen LogP contribution < -0.4 is 0 Å². The molecule has 0 saturated heterocycles. The van der Waals surface area contributed by atoms with Gasteiger partial charge in [-0.2, -0.15) is 0 Å². The highest BCUT2D eigenvalue weighted by Gasteiger charge is 2.38. The van der Waals surface area contributed by atoms with Crippen LogP contribution in [-0.4, -0.2) is 5.78 Å². The Morgan fingerprint density at radius 3 is 2.11 bits per heavy atom. The highest BCUT2D eigenvalue weighted by atomic mass is 16.1. The summed E-state index contributed by atoms with van der Waals surface area (Å²) < 4.78 is 0. The van der Waals surface area contributed by atoms with E-state index in [2.05, 4.69) is 30.3 Å². The Labute approximate surface area is 113 Å². The number of rotatable bonds is 0. The van der Waals surface area contributed by atoms with Crippen LogP contribution in [-0.2, 0) is 19.3 Å². The average Bonchev–Trinajstić information content (AvgIpc) is 2.46. The van der Waals surface area contributed by atoms with E-state index in [1.807, 2.05) is 18.2 Å². The fraction of sp³-hybridized carbons (Fsp3) is 0.278. The molecule has 0 bridgehead atoms. The second-order valence-electron chi connectivity index (χ2n) is 5.77. The summed E-state index contributed by atoms with van der Waals surface area (Å²) in [6, 6.07) is 16.7. The van der Waals surface area contributed by atoms with Crippen molar-refractivity contribution >= 4 is 5.78 Å². The van der Waals surface area contributed by atoms with Gasteiger partial charge in [-0.3, -0.25) is 4.79 Å². The van der Waals surface area contributed by atoms with Gasteiger partial charge in [0, 0.05) is 11.5 Å². The maximum absolute atomic E-state index is 12.7. The third kappa shape index (κ3) is 1.65. The zero-order chi connectivity index (χ0) is 12.8. The topological polar surface area (TPSA) is 17.1 Å². The second-order valence-corrected chi connectivity index (χ2v) is 5.77. The fourth-order valence-electron chi connectivity index (χ4n) is 3.73. The van der Waals surface area contributed by atoms with Crippen LogP contribution >= 0.6 is 0 Å². The molecule has 0 aromatic heterocycles. The van der Waals surface area contributed by atoms with E-state index >= 15 is 0 Å². The van der Waals surface area contributed by atoms with Crippen LogP contribution in [0.25, 0.3) is 0 Å². The van der Waals surface area contributed by atoms with Gasteiger partial charge in [0.05, 0.1) is 0 Å². The molecule has 0 radical (unpaired) electrons. The van der Waals surface area contributed by atoms with Gasteiger partial charge in [0.1, 0.15) is 0 Å². The highest BCUT2D eigenvalue weighted by Crippen LogP contribution is 2.38. The maximum Gasteiger partial charge on any atom is 0.166 e. The van der Waals surface area contributed by atoms with Crippen molar-refractivity contribution in [3.8, 4) is 0 Å². The van der Waals surface area contributed by atoms with Gasteiger partial charge in [-0.15, -0.1) is 0 Å². The highest BCUT2D eigenvalue weighted by molar-refractivity contribution is 6.00. The summed E-state index contributed by atoms with van der Waals surface area (Å²) in [7, 11) is 0. The molecule has 0 amide bonds. The van der Waals surface area contributed by atoms with Gasteiger partial charge >= 0.3 is 0 Å². The molecule has 0 aliphatic heterocycles. The van der Waals surface area contributed by atoms with Crippen molar-refractivity contribution in [2.75, 3.05) is 0 Å². The summed E-state index contributed by atoms with van der Waals surface area (Å²) in [5.41, 5.74) is 5.02. The summed E-state index contributed by atoms with van der Waals surface area (Å²) in [5.74, 6) is 1.06. The number of carbonyl (C=O) groups excluding carboxylic acids is 1. The molecule has 94 valence electrons. The molecule has 19 heavy (non-hydrogen) atoms. The summed E-state index contributed by atoms with van der Waals surface area (Å²) in [5, 5.41) is 0. The molecular weight excluding hydrogens is 232 g/mol. The van der Waals surface area contributed by atoms with Crippen molar-refractivity contribution in [2.24, 2.45) is 11.8 Å². The molecule has 2 aromatic rings. The molecule has 0 unspecified atom stereocenters. The lowest BCUT2D eigenvalue weighted by atomic mass is 9.66. The molecule has 0 spiro atoms. The molecule has 1 nitrogen and oxygen atoms in total. The van der Waals surface area contributed by atoms with Crippen molar-refractivity contribution in [3.05, 3.63) is 70.8 Å². The van der Waals surface area contributed by atoms with Gasteiger partial charge in [-0.25, -0.2) is 0 Å². The Morgan fingerprint density at radius 2 is 1.32 bits per heavy atom. The summed E-state index contributed by atoms with van der Waals surface area (Å²) in [4.78, 5) is 12.7. The van der Waals surface area contributed by atoms with Crippen LogP contribution in [0.1, 0.15) is 27.0 Å². The third-order valence-corrected chi connectivity index (χ3v) is 4.71. The number of fused-ring (bicyclic) bond motifs is 3. The molecule has 2 aromatic carbocycles. The lowest BCUT2D eigenvalue weighted by Gasteiger charge is -2.36. The summed E-state index contributed by atoms with van der Waals surface area (Å²) in [6.07, 6.45) is 3.04. The molecule has 2 aliphatic rings. The monoisotopic (exact) mass is 248 g/mol. The van der Waals surface area contributed by atoms with Crippen molar-refractivity contribution in [1.82, 2.24) is 0 Å². The van der Waals surface area contributed by atoms with E-state index in [-0.39, 0.29) is 5.92 Å². The predicted molar refractivity (Wildman–Crippen MR) is 75.3 cm³/mol. The van der Waals surface area contributed by atoms with E-state index in [0.717, 1.165) is 24.8 Å². The molecule has 2 aliphatic carbocycles. The second kappa shape index (κ2) is 4.06. The van der Waals surface area contributed by atoms with Crippen LogP contribution in [0.15, 0.2) is 48.5 Å². The Kier molecular flexibility index (Phi) is 2.34. The molecule has 0 N–H and O–H groups in total. The number of ketones is 1. The number of benzene rings is 2. The quantitative estimate of drug-likeness (QED) is 0.698. The zero-order valence-corrected chi connectivity index (χ0v) is 10.8. The number of carbonyl (C=O) groups is 1. The zero-order valence-electron chi connectivity index (χ0n) is 10.8. The molecule has 4 rings (SSSR count). The van der Waals surface area contributed by atoms with E-state index in [9.17, 15) is 4.79 Å². The van der Waals surface area contributed by atoms with Crippen LogP contribution in [0.3, 0.4) is 0 Å². The minimum Gasteiger partial charge on any atom is -0.294 e. The molecule has 1 heteroatoms. The molecule has 0 saturated carbocycles. The van der Waals surface area contributed by atoms with Gasteiger partial charge in [0.25, 0.3) is 0 Å². The first-order chi connectivity index (χ1) is 9.33. The normalized spacial score (nSPS) is 24.3. The lowest BCUT2D eigenvalue weighted by molar-refractivity contribution is 0.0841. The van der Waals surface area contributed by atoms with Gasteiger partial charge in [-0.05, 0) is 41.9 Å². The fourth-order valence-corrected chi connectivity index (χ4v) is 3.73. The standard InChI is InChI=1S/C18H16O/c19-18-16-8-4-3-7-14(16)10-15-9-12-5-1-2-6-13(12)11-17(15)18/h1-8,15,17H,9-11H2/t15-,17-/m0/s1. The molecule has 0 heterocycles. The summed E-state index contributed by atoms with van der Waals surface area (Å²) >= 11 is 0. The van der Waals surface area contributed by atoms with E-state index in [0.29, 0.717) is 11.7 Å². The smallest absolute Gasteiger partial charge is 0.166 e. The molecule has 2 atom stereocenters. The van der Waals surface area contributed by atoms with Crippen LogP contribution in [0.2, 0.25) is 0 Å². The average molecular weight is 248 g/mol. The van der Waals surface area contributed by atoms with Crippen LogP contribution in [0.4, 0.5) is 0 Å². The van der Waals surface area contributed by atoms with Gasteiger partial charge in [0.2, 0.25) is 0 Å².